The fourth-order valence-corrected chi connectivity index (χ4v) is 4.36. The standard InChI is InChI=1S/C28H31FN4O3/c1-17(13-26(30-4)35-5)19(3)28(34)22-15-23(24(29)12-18(22)2)27-21-7-6-20(14-25(21)31-16-32-27)33-8-10-36-11-9-33/h6-7,12-16,28,34H,4,8-11H2,1-3,5H3/b19-17+,26-13+. The Morgan fingerprint density at radius 2 is 1.97 bits per heavy atom. The van der Waals surface area contributed by atoms with E-state index in [9.17, 15) is 5.11 Å². The lowest BCUT2D eigenvalue weighted by Crippen LogP contribution is -2.36. The number of halogens is 1. The van der Waals surface area contributed by atoms with E-state index in [1.165, 1.54) is 19.5 Å². The zero-order valence-corrected chi connectivity index (χ0v) is 21.1. The predicted molar refractivity (Wildman–Crippen MR) is 141 cm³/mol. The normalized spacial score (nSPS) is 16.1. The lowest BCUT2D eigenvalue weighted by Gasteiger charge is -2.29. The van der Waals surface area contributed by atoms with Crippen molar-refractivity contribution < 1.29 is 19.0 Å². The van der Waals surface area contributed by atoms with Gasteiger partial charge < -0.3 is 19.5 Å². The van der Waals surface area contributed by atoms with Crippen LogP contribution in [0.25, 0.3) is 22.2 Å². The van der Waals surface area contributed by atoms with Gasteiger partial charge >= 0.3 is 0 Å². The number of aryl methyl sites for hydroxylation is 1. The van der Waals surface area contributed by atoms with Crippen molar-refractivity contribution >= 4 is 23.3 Å². The molecule has 2 heterocycles. The fraction of sp³-hybridized carbons (Fsp3) is 0.321. The van der Waals surface area contributed by atoms with Gasteiger partial charge in [-0.25, -0.2) is 19.4 Å². The molecule has 0 bridgehead atoms. The molecule has 0 amide bonds. The molecule has 36 heavy (non-hydrogen) atoms. The first-order chi connectivity index (χ1) is 17.3. The van der Waals surface area contributed by atoms with Crippen LogP contribution in [0.15, 0.2) is 64.8 Å². The lowest BCUT2D eigenvalue weighted by molar-refractivity contribution is 0.122. The van der Waals surface area contributed by atoms with Gasteiger partial charge in [0, 0.05) is 35.8 Å². The van der Waals surface area contributed by atoms with E-state index in [-0.39, 0.29) is 0 Å². The zero-order chi connectivity index (χ0) is 25.8. The number of rotatable bonds is 7. The summed E-state index contributed by atoms with van der Waals surface area (Å²) in [6.45, 7) is 11.9. The smallest absolute Gasteiger partial charge is 0.212 e. The van der Waals surface area contributed by atoms with E-state index in [0.717, 1.165) is 35.3 Å². The molecule has 0 radical (unpaired) electrons. The number of ether oxygens (including phenoxy) is 2. The number of allylic oxidation sites excluding steroid dienone is 2. The largest absolute Gasteiger partial charge is 0.481 e. The number of fused-ring (bicyclic) bond motifs is 1. The molecule has 1 N–H and O–H groups in total. The molecule has 1 aromatic heterocycles. The predicted octanol–water partition coefficient (Wildman–Crippen LogP) is 5.14. The molecule has 3 aromatic rings. The molecule has 7 nitrogen and oxygen atoms in total. The maximum atomic E-state index is 15.3. The van der Waals surface area contributed by atoms with Crippen LogP contribution in [0.5, 0.6) is 0 Å². The van der Waals surface area contributed by atoms with Crippen molar-refractivity contribution in [3.8, 4) is 11.3 Å². The zero-order valence-electron chi connectivity index (χ0n) is 21.1. The summed E-state index contributed by atoms with van der Waals surface area (Å²) in [5.74, 6) is -0.0593. The van der Waals surface area contributed by atoms with E-state index in [1.807, 2.05) is 32.0 Å². The number of nitrogens with zero attached hydrogens (tertiary/aromatic N) is 4. The first-order valence-electron chi connectivity index (χ1n) is 11.8. The average molecular weight is 491 g/mol. The van der Waals surface area contributed by atoms with Crippen LogP contribution >= 0.6 is 0 Å². The molecule has 4 rings (SSSR count). The highest BCUT2D eigenvalue weighted by atomic mass is 19.1. The molecular formula is C28H31FN4O3. The number of aromatic nitrogens is 2. The first-order valence-corrected chi connectivity index (χ1v) is 11.8. The number of hydrogen-bond donors (Lipinski definition) is 1. The number of aliphatic hydroxyl groups is 1. The second-order valence-corrected chi connectivity index (χ2v) is 8.83. The van der Waals surface area contributed by atoms with E-state index in [0.29, 0.717) is 47.1 Å². The van der Waals surface area contributed by atoms with Gasteiger partial charge in [-0.05, 0) is 80.1 Å². The number of morpholine rings is 1. The van der Waals surface area contributed by atoms with Crippen LogP contribution in [0, 0.1) is 12.7 Å². The lowest BCUT2D eigenvalue weighted by atomic mass is 9.92. The average Bonchev–Trinajstić information content (AvgIpc) is 2.90. The maximum absolute atomic E-state index is 15.3. The van der Waals surface area contributed by atoms with Crippen molar-refractivity contribution in [3.05, 3.63) is 76.7 Å². The number of aliphatic hydroxyl groups excluding tert-OH is 1. The number of anilines is 1. The minimum atomic E-state index is -0.954. The summed E-state index contributed by atoms with van der Waals surface area (Å²) < 4.78 is 25.9. The third-order valence-corrected chi connectivity index (χ3v) is 6.64. The van der Waals surface area contributed by atoms with Crippen LogP contribution < -0.4 is 4.90 Å². The van der Waals surface area contributed by atoms with Gasteiger partial charge in [0.05, 0.1) is 31.5 Å². The fourth-order valence-electron chi connectivity index (χ4n) is 4.36. The van der Waals surface area contributed by atoms with Gasteiger partial charge in [0.2, 0.25) is 5.88 Å². The van der Waals surface area contributed by atoms with E-state index in [1.54, 1.807) is 19.1 Å². The van der Waals surface area contributed by atoms with Crippen molar-refractivity contribution in [2.75, 3.05) is 38.3 Å². The molecule has 0 spiro atoms. The Morgan fingerprint density at radius 3 is 2.67 bits per heavy atom. The quantitative estimate of drug-likeness (QED) is 0.281. The molecule has 0 aliphatic carbocycles. The highest BCUT2D eigenvalue weighted by Crippen LogP contribution is 2.35. The molecule has 188 valence electrons. The van der Waals surface area contributed by atoms with Gasteiger partial charge in [0.15, 0.2) is 0 Å². The molecule has 1 unspecified atom stereocenters. The highest BCUT2D eigenvalue weighted by Gasteiger charge is 2.20. The van der Waals surface area contributed by atoms with Crippen LogP contribution in [0.1, 0.15) is 31.1 Å². The molecule has 1 fully saturated rings. The number of aliphatic imine (C=N–C) groups is 1. The SMILES string of the molecule is C=N/C(=C\C(C)=C(/C)C(O)c1cc(-c2ncnc3cc(N4CCOCC4)ccc23)c(F)cc1C)OC. The Kier molecular flexibility index (Phi) is 7.76. The molecular weight excluding hydrogens is 459 g/mol. The molecule has 0 saturated carbocycles. The van der Waals surface area contributed by atoms with Gasteiger partial charge in [-0.3, -0.25) is 0 Å². The minimum absolute atomic E-state index is 0.313. The van der Waals surface area contributed by atoms with Gasteiger partial charge in [-0.1, -0.05) is 0 Å². The Bertz CT molecular complexity index is 1350. The third kappa shape index (κ3) is 5.15. The second-order valence-electron chi connectivity index (χ2n) is 8.83. The summed E-state index contributed by atoms with van der Waals surface area (Å²) in [4.78, 5) is 14.9. The molecule has 2 aromatic carbocycles. The molecule has 1 saturated heterocycles. The minimum Gasteiger partial charge on any atom is -0.481 e. The summed E-state index contributed by atoms with van der Waals surface area (Å²) in [7, 11) is 1.51. The van der Waals surface area contributed by atoms with E-state index >= 15 is 4.39 Å². The summed E-state index contributed by atoms with van der Waals surface area (Å²) in [5, 5.41) is 12.0. The van der Waals surface area contributed by atoms with E-state index in [4.69, 9.17) is 9.47 Å². The van der Waals surface area contributed by atoms with Gasteiger partial charge in [-0.2, -0.15) is 0 Å². The number of methoxy groups -OCH3 is 1. The summed E-state index contributed by atoms with van der Waals surface area (Å²) in [6, 6.07) is 9.05. The van der Waals surface area contributed by atoms with E-state index in [2.05, 4.69) is 26.6 Å². The molecule has 1 atom stereocenters. The van der Waals surface area contributed by atoms with Crippen molar-refractivity contribution in [1.82, 2.24) is 9.97 Å². The van der Waals surface area contributed by atoms with Gasteiger partial charge in [-0.15, -0.1) is 0 Å². The van der Waals surface area contributed by atoms with Crippen molar-refractivity contribution in [2.45, 2.75) is 26.9 Å². The summed E-state index contributed by atoms with van der Waals surface area (Å²) in [6.07, 6.45) is 2.20. The van der Waals surface area contributed by atoms with Crippen LogP contribution in [0.3, 0.4) is 0 Å². The van der Waals surface area contributed by atoms with E-state index < -0.39 is 11.9 Å². The Labute approximate surface area is 210 Å². The molecule has 1 aliphatic heterocycles. The summed E-state index contributed by atoms with van der Waals surface area (Å²) in [5.41, 5.74) is 5.27. The maximum Gasteiger partial charge on any atom is 0.212 e. The second kappa shape index (κ2) is 11.0. The highest BCUT2D eigenvalue weighted by molar-refractivity contribution is 5.94. The monoisotopic (exact) mass is 490 g/mol. The van der Waals surface area contributed by atoms with Crippen molar-refractivity contribution in [2.24, 2.45) is 4.99 Å². The van der Waals surface area contributed by atoms with Crippen LogP contribution in [-0.2, 0) is 9.47 Å². The van der Waals surface area contributed by atoms with Crippen LogP contribution in [0.2, 0.25) is 0 Å². The molecule has 1 aliphatic rings. The topological polar surface area (TPSA) is 80.1 Å². The van der Waals surface area contributed by atoms with Crippen molar-refractivity contribution in [1.29, 1.82) is 0 Å². The van der Waals surface area contributed by atoms with Crippen LogP contribution in [0.4, 0.5) is 10.1 Å². The Balaban J connectivity index is 1.76. The molecule has 8 heteroatoms. The number of hydrogen-bond acceptors (Lipinski definition) is 7. The van der Waals surface area contributed by atoms with Crippen molar-refractivity contribution in [3.63, 3.8) is 0 Å². The number of benzene rings is 2. The first kappa shape index (κ1) is 25.5. The third-order valence-electron chi connectivity index (χ3n) is 6.64. The summed E-state index contributed by atoms with van der Waals surface area (Å²) >= 11 is 0. The Morgan fingerprint density at radius 1 is 1.22 bits per heavy atom. The van der Waals surface area contributed by atoms with Crippen LogP contribution in [-0.4, -0.2) is 55.2 Å². The Hall–Kier alpha value is -3.62. The van der Waals surface area contributed by atoms with Gasteiger partial charge in [0.25, 0.3) is 0 Å². The van der Waals surface area contributed by atoms with Gasteiger partial charge in [0.1, 0.15) is 18.2 Å².